The summed E-state index contributed by atoms with van der Waals surface area (Å²) < 4.78 is 5.51. The normalized spacial score (nSPS) is 14.8. The number of amides is 1. The average molecular weight is 457 g/mol. The van der Waals surface area contributed by atoms with Crippen LogP contribution < -0.4 is 4.90 Å². The predicted molar refractivity (Wildman–Crippen MR) is 116 cm³/mol. The van der Waals surface area contributed by atoms with Crippen LogP contribution in [0.4, 0.5) is 5.13 Å². The highest BCUT2D eigenvalue weighted by atomic mass is 79.9. The SMILES string of the molecule is O=C(c1ccc(Br)cc1)N1CCCN(c2nc(Cc3ccccc3)ns2)CC1. The van der Waals surface area contributed by atoms with Crippen molar-refractivity contribution in [3.05, 3.63) is 76.0 Å². The molecule has 1 fully saturated rings. The number of aromatic nitrogens is 2. The molecule has 2 heterocycles. The fourth-order valence-electron chi connectivity index (χ4n) is 3.31. The smallest absolute Gasteiger partial charge is 0.253 e. The molecule has 144 valence electrons. The average Bonchev–Trinajstić information content (AvgIpc) is 3.04. The lowest BCUT2D eigenvalue weighted by Crippen LogP contribution is -2.35. The lowest BCUT2D eigenvalue weighted by Gasteiger charge is -2.21. The summed E-state index contributed by atoms with van der Waals surface area (Å²) in [5.41, 5.74) is 1.95. The molecule has 4 rings (SSSR count). The molecule has 1 amide bonds. The third kappa shape index (κ3) is 4.59. The van der Waals surface area contributed by atoms with Crippen LogP contribution in [0.15, 0.2) is 59.1 Å². The van der Waals surface area contributed by atoms with Crippen molar-refractivity contribution in [1.29, 1.82) is 0 Å². The fraction of sp³-hybridized carbons (Fsp3) is 0.286. The lowest BCUT2D eigenvalue weighted by molar-refractivity contribution is 0.0767. The van der Waals surface area contributed by atoms with Gasteiger partial charge in [-0.05, 0) is 36.2 Å². The van der Waals surface area contributed by atoms with Gasteiger partial charge in [-0.2, -0.15) is 4.37 Å². The molecule has 28 heavy (non-hydrogen) atoms. The maximum absolute atomic E-state index is 12.8. The summed E-state index contributed by atoms with van der Waals surface area (Å²) in [5, 5.41) is 0.948. The minimum Gasteiger partial charge on any atom is -0.345 e. The number of hydrogen-bond acceptors (Lipinski definition) is 5. The van der Waals surface area contributed by atoms with Gasteiger partial charge in [-0.25, -0.2) is 4.98 Å². The lowest BCUT2D eigenvalue weighted by atomic mass is 10.1. The van der Waals surface area contributed by atoms with Crippen molar-refractivity contribution in [3.8, 4) is 0 Å². The first-order valence-corrected chi connectivity index (χ1v) is 10.9. The van der Waals surface area contributed by atoms with Crippen LogP contribution in [0.25, 0.3) is 0 Å². The third-order valence-corrected chi connectivity index (χ3v) is 6.15. The topological polar surface area (TPSA) is 49.3 Å². The molecule has 0 bridgehead atoms. The van der Waals surface area contributed by atoms with Gasteiger partial charge in [0.15, 0.2) is 0 Å². The molecular formula is C21H21BrN4OS. The Bertz CT molecular complexity index is 929. The van der Waals surface area contributed by atoms with E-state index in [9.17, 15) is 4.79 Å². The van der Waals surface area contributed by atoms with Gasteiger partial charge in [0.2, 0.25) is 5.13 Å². The maximum Gasteiger partial charge on any atom is 0.253 e. The Morgan fingerprint density at radius 3 is 2.57 bits per heavy atom. The highest BCUT2D eigenvalue weighted by molar-refractivity contribution is 9.10. The first kappa shape index (κ1) is 19.1. The number of hydrogen-bond donors (Lipinski definition) is 0. The van der Waals surface area contributed by atoms with E-state index in [4.69, 9.17) is 4.98 Å². The number of rotatable bonds is 4. The number of anilines is 1. The van der Waals surface area contributed by atoms with Gasteiger partial charge in [-0.3, -0.25) is 4.79 Å². The van der Waals surface area contributed by atoms with E-state index in [-0.39, 0.29) is 5.91 Å². The second-order valence-electron chi connectivity index (χ2n) is 6.80. The molecule has 1 aliphatic rings. The molecule has 1 aliphatic heterocycles. The first-order chi connectivity index (χ1) is 13.7. The molecule has 0 unspecified atom stereocenters. The zero-order valence-electron chi connectivity index (χ0n) is 15.4. The highest BCUT2D eigenvalue weighted by Crippen LogP contribution is 2.21. The van der Waals surface area contributed by atoms with E-state index in [0.717, 1.165) is 53.5 Å². The zero-order chi connectivity index (χ0) is 19.3. The Kier molecular flexibility index (Phi) is 6.02. The van der Waals surface area contributed by atoms with Crippen molar-refractivity contribution >= 4 is 38.5 Å². The van der Waals surface area contributed by atoms with Crippen LogP contribution in [0.5, 0.6) is 0 Å². The number of benzene rings is 2. The molecular weight excluding hydrogens is 436 g/mol. The molecule has 0 radical (unpaired) electrons. The minimum absolute atomic E-state index is 0.0939. The largest absolute Gasteiger partial charge is 0.345 e. The zero-order valence-corrected chi connectivity index (χ0v) is 17.8. The monoisotopic (exact) mass is 456 g/mol. The number of halogens is 1. The molecule has 0 atom stereocenters. The van der Waals surface area contributed by atoms with Crippen molar-refractivity contribution in [1.82, 2.24) is 14.3 Å². The van der Waals surface area contributed by atoms with Crippen LogP contribution in [0.3, 0.4) is 0 Å². The van der Waals surface area contributed by atoms with Crippen molar-refractivity contribution in [2.24, 2.45) is 0 Å². The molecule has 3 aromatic rings. The summed E-state index contributed by atoms with van der Waals surface area (Å²) in [6.45, 7) is 3.13. The predicted octanol–water partition coefficient (Wildman–Crippen LogP) is 4.24. The van der Waals surface area contributed by atoms with E-state index < -0.39 is 0 Å². The Morgan fingerprint density at radius 1 is 1.00 bits per heavy atom. The van der Waals surface area contributed by atoms with Gasteiger partial charge < -0.3 is 9.80 Å². The number of carbonyl (C=O) groups excluding carboxylic acids is 1. The summed E-state index contributed by atoms with van der Waals surface area (Å²) in [7, 11) is 0. The van der Waals surface area contributed by atoms with E-state index in [2.05, 4.69) is 37.3 Å². The van der Waals surface area contributed by atoms with Gasteiger partial charge >= 0.3 is 0 Å². The molecule has 5 nitrogen and oxygen atoms in total. The van der Waals surface area contributed by atoms with Gasteiger partial charge in [0, 0.05) is 54.2 Å². The second-order valence-corrected chi connectivity index (χ2v) is 8.44. The maximum atomic E-state index is 12.8. The van der Waals surface area contributed by atoms with Gasteiger partial charge in [0.25, 0.3) is 5.91 Å². The van der Waals surface area contributed by atoms with E-state index in [0.29, 0.717) is 6.54 Å². The van der Waals surface area contributed by atoms with E-state index >= 15 is 0 Å². The summed E-state index contributed by atoms with van der Waals surface area (Å²) in [4.78, 5) is 21.7. The summed E-state index contributed by atoms with van der Waals surface area (Å²) >= 11 is 4.86. The fourth-order valence-corrected chi connectivity index (χ4v) is 4.31. The second kappa shape index (κ2) is 8.84. The number of nitrogens with zero attached hydrogens (tertiary/aromatic N) is 4. The van der Waals surface area contributed by atoms with Crippen LogP contribution >= 0.6 is 27.5 Å². The quantitative estimate of drug-likeness (QED) is 0.588. The van der Waals surface area contributed by atoms with Crippen LogP contribution in [0, 0.1) is 0 Å². The third-order valence-electron chi connectivity index (χ3n) is 4.81. The van der Waals surface area contributed by atoms with Crippen LogP contribution in [0.1, 0.15) is 28.2 Å². The van der Waals surface area contributed by atoms with Gasteiger partial charge in [0.1, 0.15) is 5.82 Å². The van der Waals surface area contributed by atoms with Crippen molar-refractivity contribution in [2.75, 3.05) is 31.1 Å². The molecule has 7 heteroatoms. The molecule has 0 saturated carbocycles. The minimum atomic E-state index is 0.0939. The van der Waals surface area contributed by atoms with E-state index in [1.54, 1.807) is 0 Å². The molecule has 0 N–H and O–H groups in total. The Morgan fingerprint density at radius 2 is 1.79 bits per heavy atom. The Hall–Kier alpha value is -2.25. The molecule has 1 aromatic heterocycles. The van der Waals surface area contributed by atoms with E-state index in [1.807, 2.05) is 47.4 Å². The number of carbonyl (C=O) groups is 1. The van der Waals surface area contributed by atoms with Crippen molar-refractivity contribution < 1.29 is 4.79 Å². The van der Waals surface area contributed by atoms with Crippen molar-refractivity contribution in [2.45, 2.75) is 12.8 Å². The van der Waals surface area contributed by atoms with Crippen LogP contribution in [-0.2, 0) is 6.42 Å². The van der Waals surface area contributed by atoms with Crippen molar-refractivity contribution in [3.63, 3.8) is 0 Å². The molecule has 0 spiro atoms. The van der Waals surface area contributed by atoms with Crippen LogP contribution in [0.2, 0.25) is 0 Å². The molecule has 2 aromatic carbocycles. The van der Waals surface area contributed by atoms with Gasteiger partial charge in [0.05, 0.1) is 0 Å². The van der Waals surface area contributed by atoms with Crippen LogP contribution in [-0.4, -0.2) is 46.3 Å². The Labute approximate surface area is 177 Å². The Balaban J connectivity index is 1.39. The van der Waals surface area contributed by atoms with Gasteiger partial charge in [-0.15, -0.1) is 0 Å². The van der Waals surface area contributed by atoms with E-state index in [1.165, 1.54) is 17.1 Å². The molecule has 0 aliphatic carbocycles. The summed E-state index contributed by atoms with van der Waals surface area (Å²) in [5.74, 6) is 0.953. The summed E-state index contributed by atoms with van der Waals surface area (Å²) in [6.07, 6.45) is 1.68. The van der Waals surface area contributed by atoms with Gasteiger partial charge in [-0.1, -0.05) is 46.3 Å². The highest BCUT2D eigenvalue weighted by Gasteiger charge is 2.22. The standard InChI is InChI=1S/C21H21BrN4OS/c22-18-9-7-17(8-10-18)20(27)25-11-4-12-26(14-13-25)21-23-19(24-28-21)15-16-5-2-1-3-6-16/h1-3,5-10H,4,11-15H2. The molecule has 1 saturated heterocycles. The first-order valence-electron chi connectivity index (χ1n) is 9.35. The summed E-state index contributed by atoms with van der Waals surface area (Å²) in [6, 6.07) is 17.8.